The van der Waals surface area contributed by atoms with Crippen LogP contribution in [0.25, 0.3) is 11.4 Å². The highest BCUT2D eigenvalue weighted by Crippen LogP contribution is 2.29. The zero-order chi connectivity index (χ0) is 21.1. The number of carbonyl (C=O) groups excluding carboxylic acids is 1. The summed E-state index contributed by atoms with van der Waals surface area (Å²) < 4.78 is 7.31. The van der Waals surface area contributed by atoms with Crippen molar-refractivity contribution in [2.75, 3.05) is 12.9 Å². The first-order valence-electron chi connectivity index (χ1n) is 9.65. The van der Waals surface area contributed by atoms with Crippen molar-refractivity contribution in [1.82, 2.24) is 14.8 Å². The minimum atomic E-state index is 0.111. The smallest absolute Gasteiger partial charge is 0.192 e. The van der Waals surface area contributed by atoms with E-state index < -0.39 is 0 Å². The molecule has 6 heteroatoms. The van der Waals surface area contributed by atoms with E-state index in [2.05, 4.69) is 41.6 Å². The molecule has 29 heavy (non-hydrogen) atoms. The number of aromatic nitrogens is 3. The van der Waals surface area contributed by atoms with E-state index in [4.69, 9.17) is 4.74 Å². The van der Waals surface area contributed by atoms with E-state index in [1.54, 1.807) is 7.11 Å². The number of carbonyl (C=O) groups is 1. The number of aryl methyl sites for hydroxylation is 3. The van der Waals surface area contributed by atoms with Crippen molar-refractivity contribution in [3.8, 4) is 17.1 Å². The van der Waals surface area contributed by atoms with Gasteiger partial charge in [-0.1, -0.05) is 17.8 Å². The number of benzene rings is 2. The lowest BCUT2D eigenvalue weighted by Gasteiger charge is -2.14. The van der Waals surface area contributed by atoms with Gasteiger partial charge in [-0.05, 0) is 81.6 Å². The summed E-state index contributed by atoms with van der Waals surface area (Å²) in [6, 6.07) is 12.0. The molecule has 0 saturated carbocycles. The molecule has 3 rings (SSSR count). The van der Waals surface area contributed by atoms with E-state index in [0.29, 0.717) is 5.75 Å². The highest BCUT2D eigenvalue weighted by atomic mass is 32.2. The number of rotatable bonds is 7. The first kappa shape index (κ1) is 21.1. The summed E-state index contributed by atoms with van der Waals surface area (Å²) in [5.41, 5.74) is 5.11. The first-order valence-corrected chi connectivity index (χ1v) is 10.6. The Labute approximate surface area is 176 Å². The molecule has 0 N–H and O–H groups in total. The summed E-state index contributed by atoms with van der Waals surface area (Å²) in [7, 11) is 1.65. The summed E-state index contributed by atoms with van der Waals surface area (Å²) in [6.07, 6.45) is 0. The zero-order valence-corrected chi connectivity index (χ0v) is 18.6. The standard InChI is InChI=1S/C23H27N3O2S/c1-14(2)26-22(18-7-9-19(28-6)10-8-18)24-25-23(26)29-13-21(27)20-12-16(4)15(3)11-17(20)5/h7-12,14H,13H2,1-6H3. The molecule has 0 aliphatic rings. The van der Waals surface area contributed by atoms with Gasteiger partial charge in [-0.15, -0.1) is 10.2 Å². The molecule has 0 bridgehead atoms. The maximum absolute atomic E-state index is 12.8. The number of thioether (sulfide) groups is 1. The van der Waals surface area contributed by atoms with Crippen LogP contribution in [0, 0.1) is 20.8 Å². The molecule has 1 aromatic heterocycles. The van der Waals surface area contributed by atoms with Crippen molar-refractivity contribution in [2.24, 2.45) is 0 Å². The van der Waals surface area contributed by atoms with Gasteiger partial charge < -0.3 is 4.74 Å². The Morgan fingerprint density at radius 3 is 2.31 bits per heavy atom. The Hall–Kier alpha value is -2.60. The molecule has 0 radical (unpaired) electrons. The lowest BCUT2D eigenvalue weighted by molar-refractivity contribution is 0.102. The van der Waals surface area contributed by atoms with Gasteiger partial charge in [0, 0.05) is 17.2 Å². The van der Waals surface area contributed by atoms with Crippen molar-refractivity contribution in [3.63, 3.8) is 0 Å². The topological polar surface area (TPSA) is 57.0 Å². The fourth-order valence-electron chi connectivity index (χ4n) is 3.25. The minimum Gasteiger partial charge on any atom is -0.497 e. The van der Waals surface area contributed by atoms with Gasteiger partial charge in [0.05, 0.1) is 12.9 Å². The summed E-state index contributed by atoms with van der Waals surface area (Å²) in [5.74, 6) is 2.03. The SMILES string of the molecule is COc1ccc(-c2nnc(SCC(=O)c3cc(C)c(C)cc3C)n2C(C)C)cc1. The third-order valence-electron chi connectivity index (χ3n) is 5.00. The molecule has 0 spiro atoms. The minimum absolute atomic E-state index is 0.111. The summed E-state index contributed by atoms with van der Waals surface area (Å²) >= 11 is 1.44. The molecule has 3 aromatic rings. The average molecular weight is 410 g/mol. The number of nitrogens with zero attached hydrogens (tertiary/aromatic N) is 3. The average Bonchev–Trinajstić information content (AvgIpc) is 3.13. The molecule has 0 saturated heterocycles. The fraction of sp³-hybridized carbons (Fsp3) is 0.348. The second-order valence-electron chi connectivity index (χ2n) is 7.46. The summed E-state index contributed by atoms with van der Waals surface area (Å²) in [6.45, 7) is 10.3. The van der Waals surface area contributed by atoms with Gasteiger partial charge in [0.25, 0.3) is 0 Å². The van der Waals surface area contributed by atoms with Crippen LogP contribution < -0.4 is 4.74 Å². The number of methoxy groups -OCH3 is 1. The van der Waals surface area contributed by atoms with Gasteiger partial charge in [-0.2, -0.15) is 0 Å². The first-order chi connectivity index (χ1) is 13.8. The molecule has 0 aliphatic heterocycles. The Bertz CT molecular complexity index is 1020. The van der Waals surface area contributed by atoms with Crippen LogP contribution in [0.4, 0.5) is 0 Å². The van der Waals surface area contributed by atoms with E-state index in [9.17, 15) is 4.79 Å². The van der Waals surface area contributed by atoms with Gasteiger partial charge in [-0.25, -0.2) is 0 Å². The Morgan fingerprint density at radius 1 is 1.03 bits per heavy atom. The predicted octanol–water partition coefficient (Wildman–Crippen LogP) is 5.43. The van der Waals surface area contributed by atoms with Gasteiger partial charge in [-0.3, -0.25) is 9.36 Å². The number of hydrogen-bond acceptors (Lipinski definition) is 5. The van der Waals surface area contributed by atoms with Crippen LogP contribution in [0.1, 0.15) is 46.9 Å². The van der Waals surface area contributed by atoms with Gasteiger partial charge in [0.1, 0.15) is 5.75 Å². The monoisotopic (exact) mass is 409 g/mol. The Balaban J connectivity index is 1.83. The van der Waals surface area contributed by atoms with Gasteiger partial charge >= 0.3 is 0 Å². The van der Waals surface area contributed by atoms with Crippen molar-refractivity contribution in [3.05, 3.63) is 58.7 Å². The zero-order valence-electron chi connectivity index (χ0n) is 17.8. The van der Waals surface area contributed by atoms with Gasteiger partial charge in [0.15, 0.2) is 16.8 Å². The van der Waals surface area contributed by atoms with E-state index in [1.165, 1.54) is 17.3 Å². The molecule has 2 aromatic carbocycles. The molecule has 152 valence electrons. The van der Waals surface area contributed by atoms with Crippen LogP contribution in [-0.2, 0) is 0 Å². The normalized spacial score (nSPS) is 11.1. The Kier molecular flexibility index (Phi) is 6.42. The molecular weight excluding hydrogens is 382 g/mol. The lowest BCUT2D eigenvalue weighted by Crippen LogP contribution is -2.09. The van der Waals surface area contributed by atoms with Crippen LogP contribution in [0.5, 0.6) is 5.75 Å². The number of Topliss-reactive ketones (excluding diaryl/α,β-unsaturated/α-hetero) is 1. The van der Waals surface area contributed by atoms with Crippen molar-refractivity contribution in [2.45, 2.75) is 45.8 Å². The maximum atomic E-state index is 12.8. The van der Waals surface area contributed by atoms with E-state index >= 15 is 0 Å². The quantitative estimate of drug-likeness (QED) is 0.384. The molecule has 0 fully saturated rings. The van der Waals surface area contributed by atoms with E-state index in [0.717, 1.165) is 39.0 Å². The highest BCUT2D eigenvalue weighted by molar-refractivity contribution is 7.99. The second-order valence-corrected chi connectivity index (χ2v) is 8.40. The van der Waals surface area contributed by atoms with Crippen LogP contribution in [-0.4, -0.2) is 33.4 Å². The van der Waals surface area contributed by atoms with Crippen LogP contribution in [0.15, 0.2) is 41.6 Å². The Morgan fingerprint density at radius 2 is 1.69 bits per heavy atom. The van der Waals surface area contributed by atoms with Crippen molar-refractivity contribution in [1.29, 1.82) is 0 Å². The van der Waals surface area contributed by atoms with Crippen LogP contribution >= 0.6 is 11.8 Å². The molecule has 0 aliphatic carbocycles. The fourth-order valence-corrected chi connectivity index (χ4v) is 4.20. The predicted molar refractivity (Wildman–Crippen MR) is 118 cm³/mol. The number of ketones is 1. The number of ether oxygens (including phenoxy) is 1. The van der Waals surface area contributed by atoms with Crippen LogP contribution in [0.2, 0.25) is 0 Å². The maximum Gasteiger partial charge on any atom is 0.192 e. The highest BCUT2D eigenvalue weighted by Gasteiger charge is 2.19. The van der Waals surface area contributed by atoms with E-state index in [-0.39, 0.29) is 11.8 Å². The van der Waals surface area contributed by atoms with Gasteiger partial charge in [0.2, 0.25) is 0 Å². The molecule has 0 amide bonds. The van der Waals surface area contributed by atoms with E-state index in [1.807, 2.05) is 44.2 Å². The molecule has 5 nitrogen and oxygen atoms in total. The largest absolute Gasteiger partial charge is 0.497 e. The molecular formula is C23H27N3O2S. The molecule has 1 heterocycles. The third-order valence-corrected chi connectivity index (χ3v) is 5.95. The molecule has 0 atom stereocenters. The third kappa shape index (κ3) is 4.53. The summed E-state index contributed by atoms with van der Waals surface area (Å²) in [5, 5.41) is 9.52. The lowest BCUT2D eigenvalue weighted by atomic mass is 9.99. The van der Waals surface area contributed by atoms with Crippen LogP contribution in [0.3, 0.4) is 0 Å². The summed E-state index contributed by atoms with van der Waals surface area (Å²) in [4.78, 5) is 12.8. The second kappa shape index (κ2) is 8.82. The molecule has 0 unspecified atom stereocenters. The number of hydrogen-bond donors (Lipinski definition) is 0. The van der Waals surface area contributed by atoms with Crippen molar-refractivity contribution < 1.29 is 9.53 Å². The van der Waals surface area contributed by atoms with Crippen molar-refractivity contribution >= 4 is 17.5 Å².